The second kappa shape index (κ2) is 25.1. The van der Waals surface area contributed by atoms with Gasteiger partial charge < -0.3 is 33.8 Å². The smallest absolute Gasteiger partial charge is 0.462 e. The molecule has 270 valence electrons. The summed E-state index contributed by atoms with van der Waals surface area (Å²) >= 11 is 0. The molecule has 5 atom stereocenters. The summed E-state index contributed by atoms with van der Waals surface area (Å²) in [6.45, 7) is 2.39. The number of aliphatic hydroxyl groups excluding tert-OH is 1. The molecule has 19 heteroatoms. The van der Waals surface area contributed by atoms with Crippen LogP contribution in [0.1, 0.15) is 91.9 Å². The van der Waals surface area contributed by atoms with Gasteiger partial charge in [-0.3, -0.25) is 37.3 Å². The van der Waals surface area contributed by atoms with Crippen molar-refractivity contribution >= 4 is 39.5 Å². The van der Waals surface area contributed by atoms with Gasteiger partial charge in [0.05, 0.1) is 26.4 Å². The van der Waals surface area contributed by atoms with Gasteiger partial charge in [-0.05, 0) is 12.8 Å². The minimum absolute atomic E-state index is 0.0194. The minimum atomic E-state index is -4.85. The number of phosphoric ester groups is 2. The normalized spacial score (nSPS) is 15.9. The highest BCUT2D eigenvalue weighted by Crippen LogP contribution is 2.45. The van der Waals surface area contributed by atoms with Gasteiger partial charge in [0, 0.05) is 26.2 Å². The molecular formula is C27H50O17P2. The van der Waals surface area contributed by atoms with Crippen molar-refractivity contribution < 1.29 is 80.2 Å². The van der Waals surface area contributed by atoms with Crippen molar-refractivity contribution in [2.45, 2.75) is 110 Å². The van der Waals surface area contributed by atoms with Gasteiger partial charge in [-0.1, -0.05) is 52.9 Å². The van der Waals surface area contributed by atoms with Gasteiger partial charge in [0.25, 0.3) is 0 Å². The standard InChI is InChI=1S/C27H50O17P2/c1-5-8-9-10-11-12-14-27(32)38-17-23(43-21(4)28)19-41-45(33,34)39-15-22(29)16-40-46(35,36)42-20-24(44-25(30)7-3)18-37-26(31)13-6-2/h22-24,29H,5-20H2,1-4H3,(H,33,34)(H,35,36)/t22-,23+,24+/m0/s1. The highest BCUT2D eigenvalue weighted by molar-refractivity contribution is 7.47. The predicted molar refractivity (Wildman–Crippen MR) is 160 cm³/mol. The Bertz CT molecular complexity index is 991. The Hall–Kier alpha value is -1.94. The third kappa shape index (κ3) is 25.2. The van der Waals surface area contributed by atoms with E-state index in [1.165, 1.54) is 6.92 Å². The van der Waals surface area contributed by atoms with Crippen molar-refractivity contribution in [3.8, 4) is 0 Å². The number of carbonyl (C=O) groups excluding carboxylic acids is 4. The van der Waals surface area contributed by atoms with E-state index in [1.54, 1.807) is 6.92 Å². The van der Waals surface area contributed by atoms with E-state index in [0.717, 1.165) is 39.0 Å². The summed E-state index contributed by atoms with van der Waals surface area (Å²) in [5.74, 6) is -2.54. The number of hydrogen-bond donors (Lipinski definition) is 3. The molecule has 0 aliphatic rings. The Labute approximate surface area is 269 Å². The van der Waals surface area contributed by atoms with Crippen molar-refractivity contribution in [3.63, 3.8) is 0 Å². The highest BCUT2D eigenvalue weighted by Gasteiger charge is 2.29. The summed E-state index contributed by atoms with van der Waals surface area (Å²) < 4.78 is 63.3. The van der Waals surface area contributed by atoms with E-state index in [4.69, 9.17) is 28.0 Å². The first-order valence-corrected chi connectivity index (χ1v) is 18.2. The predicted octanol–water partition coefficient (Wildman–Crippen LogP) is 3.51. The topological polar surface area (TPSA) is 237 Å². The fourth-order valence-corrected chi connectivity index (χ4v) is 4.92. The molecule has 0 aliphatic heterocycles. The number of esters is 4. The molecule has 3 N–H and O–H groups in total. The van der Waals surface area contributed by atoms with E-state index in [9.17, 15) is 43.2 Å². The average Bonchev–Trinajstić information content (AvgIpc) is 2.99. The van der Waals surface area contributed by atoms with Gasteiger partial charge in [0.1, 0.15) is 19.3 Å². The lowest BCUT2D eigenvalue weighted by molar-refractivity contribution is -0.161. The molecule has 0 saturated heterocycles. The lowest BCUT2D eigenvalue weighted by atomic mass is 10.1. The zero-order valence-corrected chi connectivity index (χ0v) is 28.8. The van der Waals surface area contributed by atoms with Crippen LogP contribution in [0.25, 0.3) is 0 Å². The molecule has 0 bridgehead atoms. The van der Waals surface area contributed by atoms with Crippen LogP contribution in [-0.4, -0.2) is 96.7 Å². The van der Waals surface area contributed by atoms with E-state index >= 15 is 0 Å². The molecule has 0 aromatic heterocycles. The molecule has 0 spiro atoms. The molecule has 46 heavy (non-hydrogen) atoms. The van der Waals surface area contributed by atoms with Crippen LogP contribution in [0.15, 0.2) is 0 Å². The van der Waals surface area contributed by atoms with Gasteiger partial charge in [0.15, 0.2) is 12.2 Å². The van der Waals surface area contributed by atoms with Crippen molar-refractivity contribution in [1.82, 2.24) is 0 Å². The van der Waals surface area contributed by atoms with Crippen molar-refractivity contribution in [2.75, 3.05) is 39.6 Å². The zero-order chi connectivity index (χ0) is 35.0. The molecule has 17 nitrogen and oxygen atoms in total. The summed E-state index contributed by atoms with van der Waals surface area (Å²) in [6.07, 6.45) is 2.43. The SMILES string of the molecule is CCCCCCCCC(=O)OC[C@H](COP(=O)(O)OC[C@H](O)COP(=O)(O)OC[C@@H](COC(=O)CCC)OC(=O)CC)OC(C)=O. The number of aliphatic hydroxyl groups is 1. The molecule has 0 fully saturated rings. The van der Waals surface area contributed by atoms with Crippen LogP contribution < -0.4 is 0 Å². The molecule has 0 saturated carbocycles. The van der Waals surface area contributed by atoms with E-state index in [2.05, 4.69) is 16.0 Å². The maximum atomic E-state index is 12.2. The molecule has 0 aliphatic carbocycles. The number of phosphoric acid groups is 2. The molecule has 0 heterocycles. The summed E-state index contributed by atoms with van der Waals surface area (Å²) in [5.41, 5.74) is 0. The van der Waals surface area contributed by atoms with E-state index in [-0.39, 0.29) is 19.3 Å². The number of unbranched alkanes of at least 4 members (excludes halogenated alkanes) is 5. The molecule has 0 rings (SSSR count). The highest BCUT2D eigenvalue weighted by atomic mass is 31.2. The van der Waals surface area contributed by atoms with E-state index in [1.807, 2.05) is 0 Å². The van der Waals surface area contributed by atoms with Gasteiger partial charge >= 0.3 is 39.5 Å². The lowest BCUT2D eigenvalue weighted by Crippen LogP contribution is -2.29. The van der Waals surface area contributed by atoms with Crippen LogP contribution in [0, 0.1) is 0 Å². The van der Waals surface area contributed by atoms with Crippen LogP contribution in [0.5, 0.6) is 0 Å². The molecular weight excluding hydrogens is 658 g/mol. The summed E-state index contributed by atoms with van der Waals surface area (Å²) in [5, 5.41) is 9.99. The van der Waals surface area contributed by atoms with E-state index in [0.29, 0.717) is 12.8 Å². The number of hydrogen-bond acceptors (Lipinski definition) is 15. The summed E-state index contributed by atoms with van der Waals surface area (Å²) in [4.78, 5) is 66.4. The first kappa shape index (κ1) is 44.1. The van der Waals surface area contributed by atoms with Gasteiger partial charge in [-0.15, -0.1) is 0 Å². The Morgan fingerprint density at radius 3 is 1.52 bits per heavy atom. The van der Waals surface area contributed by atoms with Crippen LogP contribution >= 0.6 is 15.6 Å². The Kier molecular flexibility index (Phi) is 24.1. The first-order valence-electron chi connectivity index (χ1n) is 15.2. The van der Waals surface area contributed by atoms with Crippen molar-refractivity contribution in [1.29, 1.82) is 0 Å². The molecule has 2 unspecified atom stereocenters. The van der Waals surface area contributed by atoms with E-state index < -0.39 is 97.5 Å². The van der Waals surface area contributed by atoms with Gasteiger partial charge in [0.2, 0.25) is 0 Å². The number of carbonyl (C=O) groups is 4. The molecule has 0 amide bonds. The quantitative estimate of drug-likeness (QED) is 0.0456. The Morgan fingerprint density at radius 1 is 0.587 bits per heavy atom. The Morgan fingerprint density at radius 2 is 1.04 bits per heavy atom. The maximum absolute atomic E-state index is 12.2. The molecule has 0 aromatic rings. The monoisotopic (exact) mass is 708 g/mol. The first-order chi connectivity index (χ1) is 21.6. The second-order valence-electron chi connectivity index (χ2n) is 10.1. The zero-order valence-electron chi connectivity index (χ0n) is 27.0. The summed E-state index contributed by atoms with van der Waals surface area (Å²) in [7, 11) is -9.70. The molecule has 0 aromatic carbocycles. The van der Waals surface area contributed by atoms with Crippen LogP contribution in [0.3, 0.4) is 0 Å². The van der Waals surface area contributed by atoms with Crippen LogP contribution in [-0.2, 0) is 65.4 Å². The summed E-state index contributed by atoms with van der Waals surface area (Å²) in [6, 6.07) is 0. The van der Waals surface area contributed by atoms with Gasteiger partial charge in [-0.2, -0.15) is 0 Å². The minimum Gasteiger partial charge on any atom is -0.462 e. The number of ether oxygens (including phenoxy) is 4. The fraction of sp³-hybridized carbons (Fsp3) is 0.852. The lowest BCUT2D eigenvalue weighted by Gasteiger charge is -2.21. The second-order valence-corrected chi connectivity index (χ2v) is 13.0. The maximum Gasteiger partial charge on any atom is 0.472 e. The van der Waals surface area contributed by atoms with Crippen molar-refractivity contribution in [2.24, 2.45) is 0 Å². The third-order valence-corrected chi connectivity index (χ3v) is 7.58. The van der Waals surface area contributed by atoms with Crippen LogP contribution in [0.2, 0.25) is 0 Å². The van der Waals surface area contributed by atoms with Crippen molar-refractivity contribution in [3.05, 3.63) is 0 Å². The Balaban J connectivity index is 4.66. The average molecular weight is 709 g/mol. The van der Waals surface area contributed by atoms with Crippen LogP contribution in [0.4, 0.5) is 0 Å². The third-order valence-electron chi connectivity index (χ3n) is 5.68. The fourth-order valence-electron chi connectivity index (χ4n) is 3.34. The number of rotatable bonds is 28. The van der Waals surface area contributed by atoms with Gasteiger partial charge in [-0.25, -0.2) is 9.13 Å². The molecule has 0 radical (unpaired) electrons. The largest absolute Gasteiger partial charge is 0.472 e.